The van der Waals surface area contributed by atoms with Crippen molar-refractivity contribution in [2.75, 3.05) is 26.3 Å². The van der Waals surface area contributed by atoms with Gasteiger partial charge in [-0.15, -0.1) is 0 Å². The highest BCUT2D eigenvalue weighted by atomic mass is 32.1. The molecule has 14 heavy (non-hydrogen) atoms. The molecule has 2 N–H and O–H groups in total. The lowest BCUT2D eigenvalue weighted by molar-refractivity contribution is 0.239. The molecule has 0 fully saturated rings. The number of hydrogen-bond acceptors (Lipinski definition) is 2. The van der Waals surface area contributed by atoms with Gasteiger partial charge in [-0.1, -0.05) is 26.1 Å². The molecule has 0 heterocycles. The Bertz CT molecular complexity index is 162. The minimum absolute atomic E-state index is 0.248. The lowest BCUT2D eigenvalue weighted by atomic mass is 10.2. The van der Waals surface area contributed by atoms with E-state index in [0.717, 1.165) is 26.1 Å². The second-order valence-corrected chi connectivity index (χ2v) is 4.48. The van der Waals surface area contributed by atoms with Crippen LogP contribution >= 0.6 is 12.2 Å². The summed E-state index contributed by atoms with van der Waals surface area (Å²) in [5.41, 5.74) is 5.43. The van der Waals surface area contributed by atoms with Crippen LogP contribution in [0.25, 0.3) is 0 Å². The zero-order chi connectivity index (χ0) is 11.0. The van der Waals surface area contributed by atoms with Gasteiger partial charge in [0.05, 0.1) is 11.7 Å². The van der Waals surface area contributed by atoms with Crippen molar-refractivity contribution in [3.63, 3.8) is 0 Å². The Morgan fingerprint density at radius 1 is 1.43 bits per heavy atom. The van der Waals surface area contributed by atoms with Crippen molar-refractivity contribution in [1.29, 1.82) is 0 Å². The highest BCUT2D eigenvalue weighted by molar-refractivity contribution is 7.80. The molecule has 0 bridgehead atoms. The van der Waals surface area contributed by atoms with Crippen LogP contribution in [0.2, 0.25) is 0 Å². The molecular formula is C10H21FN2S. The van der Waals surface area contributed by atoms with Gasteiger partial charge >= 0.3 is 0 Å². The van der Waals surface area contributed by atoms with E-state index in [4.69, 9.17) is 18.0 Å². The minimum atomic E-state index is -0.248. The second-order valence-electron chi connectivity index (χ2n) is 3.95. The van der Waals surface area contributed by atoms with Crippen LogP contribution in [-0.4, -0.2) is 36.2 Å². The molecule has 0 saturated heterocycles. The highest BCUT2D eigenvalue weighted by Gasteiger charge is 2.07. The number of nitrogens with zero attached hydrogens (tertiary/aromatic N) is 1. The summed E-state index contributed by atoms with van der Waals surface area (Å²) >= 11 is 4.82. The zero-order valence-corrected chi connectivity index (χ0v) is 9.95. The number of alkyl halides is 1. The first kappa shape index (κ1) is 13.8. The summed E-state index contributed by atoms with van der Waals surface area (Å²) in [4.78, 5) is 2.77. The van der Waals surface area contributed by atoms with Gasteiger partial charge in [0, 0.05) is 26.1 Å². The Morgan fingerprint density at radius 2 is 2.07 bits per heavy atom. The van der Waals surface area contributed by atoms with Gasteiger partial charge in [0.2, 0.25) is 0 Å². The summed E-state index contributed by atoms with van der Waals surface area (Å²) in [6.07, 6.45) is 1.33. The maximum absolute atomic E-state index is 12.0. The lowest BCUT2D eigenvalue weighted by Gasteiger charge is -2.23. The first-order valence-corrected chi connectivity index (χ1v) is 5.53. The fourth-order valence-electron chi connectivity index (χ4n) is 1.36. The predicted octanol–water partition coefficient (Wildman–Crippen LogP) is 1.98. The fraction of sp³-hybridized carbons (Fsp3) is 0.900. The average Bonchev–Trinajstić information content (AvgIpc) is 2.09. The van der Waals surface area contributed by atoms with Gasteiger partial charge in [0.1, 0.15) is 0 Å². The molecule has 0 unspecified atom stereocenters. The molecule has 0 rings (SSSR count). The molecule has 0 atom stereocenters. The SMILES string of the molecule is CC(C)CN(CCCF)CCC(N)=S. The second kappa shape index (κ2) is 8.12. The van der Waals surface area contributed by atoms with E-state index in [-0.39, 0.29) is 6.67 Å². The maximum Gasteiger partial charge on any atom is 0.0906 e. The third kappa shape index (κ3) is 8.38. The summed E-state index contributed by atoms with van der Waals surface area (Å²) in [6, 6.07) is 0. The van der Waals surface area contributed by atoms with Crippen molar-refractivity contribution in [2.24, 2.45) is 11.7 Å². The van der Waals surface area contributed by atoms with Gasteiger partial charge in [-0.2, -0.15) is 0 Å². The van der Waals surface area contributed by atoms with Crippen LogP contribution in [-0.2, 0) is 0 Å². The van der Waals surface area contributed by atoms with E-state index in [1.165, 1.54) is 0 Å². The van der Waals surface area contributed by atoms with Gasteiger partial charge in [-0.25, -0.2) is 0 Å². The molecule has 0 aromatic rings. The van der Waals surface area contributed by atoms with E-state index in [2.05, 4.69) is 18.7 Å². The summed E-state index contributed by atoms with van der Waals surface area (Å²) in [7, 11) is 0. The Kier molecular flexibility index (Phi) is 7.99. The Balaban J connectivity index is 3.77. The van der Waals surface area contributed by atoms with Crippen molar-refractivity contribution in [3.05, 3.63) is 0 Å². The standard InChI is InChI=1S/C10H21FN2S/c1-9(2)8-13(6-3-5-11)7-4-10(12)14/h9H,3-8H2,1-2H3,(H2,12,14). The normalized spacial score (nSPS) is 11.2. The quantitative estimate of drug-likeness (QED) is 0.634. The Hall–Kier alpha value is -0.220. The van der Waals surface area contributed by atoms with E-state index in [9.17, 15) is 4.39 Å². The molecule has 0 aromatic heterocycles. The zero-order valence-electron chi connectivity index (χ0n) is 9.13. The number of hydrogen-bond donors (Lipinski definition) is 1. The summed E-state index contributed by atoms with van der Waals surface area (Å²) in [5.74, 6) is 0.598. The van der Waals surface area contributed by atoms with Gasteiger partial charge in [-0.3, -0.25) is 4.39 Å². The van der Waals surface area contributed by atoms with E-state index in [1.54, 1.807) is 0 Å². The van der Waals surface area contributed by atoms with Crippen molar-refractivity contribution in [3.8, 4) is 0 Å². The molecule has 0 aromatic carbocycles. The van der Waals surface area contributed by atoms with Crippen LogP contribution in [0.1, 0.15) is 26.7 Å². The monoisotopic (exact) mass is 220 g/mol. The van der Waals surface area contributed by atoms with E-state index < -0.39 is 0 Å². The fourth-order valence-corrected chi connectivity index (χ4v) is 1.45. The molecular weight excluding hydrogens is 199 g/mol. The number of rotatable bonds is 8. The van der Waals surface area contributed by atoms with Crippen LogP contribution in [0.15, 0.2) is 0 Å². The van der Waals surface area contributed by atoms with Crippen molar-refractivity contribution < 1.29 is 4.39 Å². The van der Waals surface area contributed by atoms with Crippen LogP contribution < -0.4 is 5.73 Å². The molecule has 84 valence electrons. The lowest BCUT2D eigenvalue weighted by Crippen LogP contribution is -2.32. The summed E-state index contributed by atoms with van der Waals surface area (Å²) in [5, 5.41) is 0. The van der Waals surface area contributed by atoms with Crippen molar-refractivity contribution >= 4 is 17.2 Å². The van der Waals surface area contributed by atoms with Gasteiger partial charge in [0.25, 0.3) is 0 Å². The maximum atomic E-state index is 12.0. The average molecular weight is 220 g/mol. The summed E-state index contributed by atoms with van der Waals surface area (Å²) in [6.45, 7) is 6.71. The number of halogens is 1. The molecule has 2 nitrogen and oxygen atoms in total. The summed E-state index contributed by atoms with van der Waals surface area (Å²) < 4.78 is 12.0. The van der Waals surface area contributed by atoms with Crippen LogP contribution in [0.3, 0.4) is 0 Å². The Morgan fingerprint density at radius 3 is 2.50 bits per heavy atom. The van der Waals surface area contributed by atoms with Crippen LogP contribution in [0.5, 0.6) is 0 Å². The molecule has 0 aliphatic rings. The molecule has 0 aliphatic heterocycles. The molecule has 0 radical (unpaired) electrons. The first-order chi connectivity index (χ1) is 6.56. The van der Waals surface area contributed by atoms with E-state index in [0.29, 0.717) is 17.3 Å². The molecule has 0 aliphatic carbocycles. The number of thiocarbonyl (C=S) groups is 1. The van der Waals surface area contributed by atoms with E-state index in [1.807, 2.05) is 0 Å². The topological polar surface area (TPSA) is 29.3 Å². The largest absolute Gasteiger partial charge is 0.393 e. The smallest absolute Gasteiger partial charge is 0.0906 e. The Labute approximate surface area is 91.6 Å². The van der Waals surface area contributed by atoms with Crippen LogP contribution in [0, 0.1) is 5.92 Å². The predicted molar refractivity (Wildman–Crippen MR) is 63.3 cm³/mol. The van der Waals surface area contributed by atoms with Crippen molar-refractivity contribution in [1.82, 2.24) is 4.90 Å². The molecule has 0 spiro atoms. The number of nitrogens with two attached hydrogens (primary N) is 1. The molecule has 0 amide bonds. The van der Waals surface area contributed by atoms with Gasteiger partial charge < -0.3 is 10.6 Å². The van der Waals surface area contributed by atoms with E-state index >= 15 is 0 Å². The van der Waals surface area contributed by atoms with Crippen LogP contribution in [0.4, 0.5) is 4.39 Å². The van der Waals surface area contributed by atoms with Crippen molar-refractivity contribution in [2.45, 2.75) is 26.7 Å². The first-order valence-electron chi connectivity index (χ1n) is 5.13. The minimum Gasteiger partial charge on any atom is -0.393 e. The third-order valence-corrected chi connectivity index (χ3v) is 2.11. The van der Waals surface area contributed by atoms with Gasteiger partial charge in [-0.05, 0) is 12.3 Å². The molecule has 4 heteroatoms. The third-order valence-electron chi connectivity index (χ3n) is 1.91. The van der Waals surface area contributed by atoms with Gasteiger partial charge in [0.15, 0.2) is 0 Å². The molecule has 0 saturated carbocycles. The highest BCUT2D eigenvalue weighted by Crippen LogP contribution is 2.01.